The van der Waals surface area contributed by atoms with E-state index < -0.39 is 0 Å². The number of nitrogen functional groups attached to an aromatic ring is 1. The van der Waals surface area contributed by atoms with Crippen LogP contribution in [0.5, 0.6) is 5.75 Å². The number of halogens is 1. The van der Waals surface area contributed by atoms with E-state index in [0.29, 0.717) is 5.95 Å². The topological polar surface area (TPSA) is 53.1 Å². The van der Waals surface area contributed by atoms with Crippen LogP contribution in [0.15, 0.2) is 40.9 Å². The number of hydrogen-bond donors (Lipinski definition) is 1. The Morgan fingerprint density at radius 2 is 2.00 bits per heavy atom. The van der Waals surface area contributed by atoms with Crippen molar-refractivity contribution in [3.8, 4) is 11.4 Å². The third-order valence-corrected chi connectivity index (χ3v) is 3.79. The molecule has 3 rings (SSSR count). The first-order chi connectivity index (χ1) is 9.60. The van der Waals surface area contributed by atoms with Crippen LogP contribution >= 0.6 is 15.9 Å². The highest BCUT2D eigenvalue weighted by Gasteiger charge is 2.13. The van der Waals surface area contributed by atoms with Gasteiger partial charge in [-0.15, -0.1) is 0 Å². The molecule has 20 heavy (non-hydrogen) atoms. The van der Waals surface area contributed by atoms with E-state index in [4.69, 9.17) is 10.5 Å². The summed E-state index contributed by atoms with van der Waals surface area (Å²) in [7, 11) is 1.65. The third kappa shape index (κ3) is 2.04. The van der Waals surface area contributed by atoms with E-state index in [9.17, 15) is 0 Å². The van der Waals surface area contributed by atoms with E-state index in [-0.39, 0.29) is 0 Å². The van der Waals surface area contributed by atoms with Crippen LogP contribution in [0.1, 0.15) is 5.56 Å². The number of nitrogens with two attached hydrogens (primary N) is 1. The van der Waals surface area contributed by atoms with Gasteiger partial charge in [-0.2, -0.15) is 0 Å². The molecule has 0 aliphatic heterocycles. The molecule has 0 aliphatic rings. The van der Waals surface area contributed by atoms with Gasteiger partial charge in [-0.3, -0.25) is 4.57 Å². The van der Waals surface area contributed by atoms with Crippen molar-refractivity contribution in [3.05, 3.63) is 46.4 Å². The van der Waals surface area contributed by atoms with E-state index in [1.807, 2.05) is 47.9 Å². The normalized spacial score (nSPS) is 10.9. The minimum atomic E-state index is 0.467. The predicted molar refractivity (Wildman–Crippen MR) is 84.5 cm³/mol. The largest absolute Gasteiger partial charge is 0.497 e. The molecule has 2 aromatic carbocycles. The smallest absolute Gasteiger partial charge is 0.205 e. The van der Waals surface area contributed by atoms with Crippen molar-refractivity contribution < 1.29 is 4.74 Å². The van der Waals surface area contributed by atoms with Crippen LogP contribution in [0, 0.1) is 6.92 Å². The van der Waals surface area contributed by atoms with Crippen LogP contribution in [0.25, 0.3) is 16.7 Å². The summed E-state index contributed by atoms with van der Waals surface area (Å²) >= 11 is 3.50. The molecule has 1 aromatic heterocycles. The number of nitrogens with zero attached hydrogens (tertiary/aromatic N) is 2. The molecule has 4 nitrogen and oxygen atoms in total. The molecule has 102 valence electrons. The van der Waals surface area contributed by atoms with E-state index in [1.165, 1.54) is 0 Å². The van der Waals surface area contributed by atoms with Gasteiger partial charge in [-0.1, -0.05) is 22.0 Å². The maximum Gasteiger partial charge on any atom is 0.205 e. The predicted octanol–water partition coefficient (Wildman–Crippen LogP) is 3.69. The number of aromatic nitrogens is 2. The minimum absolute atomic E-state index is 0.467. The molecule has 3 aromatic rings. The lowest BCUT2D eigenvalue weighted by Crippen LogP contribution is -2.02. The monoisotopic (exact) mass is 331 g/mol. The average Bonchev–Trinajstić information content (AvgIpc) is 2.76. The number of anilines is 1. The Hall–Kier alpha value is -2.01. The highest BCUT2D eigenvalue weighted by Crippen LogP contribution is 2.29. The highest BCUT2D eigenvalue weighted by atomic mass is 79.9. The molecule has 0 fully saturated rings. The van der Waals surface area contributed by atoms with Crippen molar-refractivity contribution in [2.45, 2.75) is 6.92 Å². The summed E-state index contributed by atoms with van der Waals surface area (Å²) in [5.74, 6) is 1.25. The molecule has 0 aliphatic carbocycles. The Labute approximate surface area is 125 Å². The van der Waals surface area contributed by atoms with Gasteiger partial charge in [0.1, 0.15) is 5.75 Å². The lowest BCUT2D eigenvalue weighted by atomic mass is 10.2. The van der Waals surface area contributed by atoms with Crippen molar-refractivity contribution in [2.24, 2.45) is 0 Å². The molecular weight excluding hydrogens is 318 g/mol. The molecule has 0 amide bonds. The molecule has 0 spiro atoms. The standard InChI is InChI=1S/C15H14BrN3O/c1-9-3-4-10(16)7-13(9)19-14-8-11(20-2)5-6-12(14)18-15(19)17/h3-8H,1-2H3,(H2,17,18). The number of rotatable bonds is 2. The summed E-state index contributed by atoms with van der Waals surface area (Å²) in [5, 5.41) is 0. The zero-order valence-electron chi connectivity index (χ0n) is 11.2. The lowest BCUT2D eigenvalue weighted by molar-refractivity contribution is 0.415. The first-order valence-electron chi connectivity index (χ1n) is 6.18. The van der Waals surface area contributed by atoms with Crippen LogP contribution in [0.4, 0.5) is 5.95 Å². The van der Waals surface area contributed by atoms with Crippen LogP contribution in [0.3, 0.4) is 0 Å². The van der Waals surface area contributed by atoms with Crippen molar-refractivity contribution >= 4 is 32.9 Å². The molecule has 0 saturated heterocycles. The van der Waals surface area contributed by atoms with Gasteiger partial charge < -0.3 is 10.5 Å². The SMILES string of the molecule is COc1ccc2nc(N)n(-c3cc(Br)ccc3C)c2c1. The molecule has 0 saturated carbocycles. The Kier molecular flexibility index (Phi) is 3.14. The van der Waals surface area contributed by atoms with Crippen molar-refractivity contribution in [3.63, 3.8) is 0 Å². The molecule has 5 heteroatoms. The lowest BCUT2D eigenvalue weighted by Gasteiger charge is -2.11. The molecule has 0 atom stereocenters. The maximum atomic E-state index is 6.09. The van der Waals surface area contributed by atoms with Gasteiger partial charge in [0, 0.05) is 10.5 Å². The maximum absolute atomic E-state index is 6.09. The second-order valence-electron chi connectivity index (χ2n) is 4.59. The summed E-state index contributed by atoms with van der Waals surface area (Å²) in [4.78, 5) is 4.41. The molecule has 2 N–H and O–H groups in total. The van der Waals surface area contributed by atoms with Gasteiger partial charge >= 0.3 is 0 Å². The number of fused-ring (bicyclic) bond motifs is 1. The van der Waals surface area contributed by atoms with Crippen LogP contribution in [-0.4, -0.2) is 16.7 Å². The first-order valence-corrected chi connectivity index (χ1v) is 6.98. The highest BCUT2D eigenvalue weighted by molar-refractivity contribution is 9.10. The summed E-state index contributed by atoms with van der Waals surface area (Å²) in [6, 6.07) is 11.8. The quantitative estimate of drug-likeness (QED) is 0.779. The zero-order chi connectivity index (χ0) is 14.3. The first kappa shape index (κ1) is 13.0. The fourth-order valence-electron chi connectivity index (χ4n) is 2.28. The molecule has 0 unspecified atom stereocenters. The fourth-order valence-corrected chi connectivity index (χ4v) is 2.63. The molecular formula is C15H14BrN3O. The van der Waals surface area contributed by atoms with Crippen molar-refractivity contribution in [2.75, 3.05) is 12.8 Å². The summed E-state index contributed by atoms with van der Waals surface area (Å²) in [5.41, 5.74) is 10.0. The Balaban J connectivity index is 2.34. The number of methoxy groups -OCH3 is 1. The zero-order valence-corrected chi connectivity index (χ0v) is 12.8. The number of hydrogen-bond acceptors (Lipinski definition) is 3. The second kappa shape index (κ2) is 4.83. The van der Waals surface area contributed by atoms with Crippen LogP contribution < -0.4 is 10.5 Å². The summed E-state index contributed by atoms with van der Waals surface area (Å²) in [6.07, 6.45) is 0. The number of imidazole rings is 1. The van der Waals surface area contributed by atoms with E-state index in [0.717, 1.165) is 32.5 Å². The van der Waals surface area contributed by atoms with Gasteiger partial charge in [0.25, 0.3) is 0 Å². The fraction of sp³-hybridized carbons (Fsp3) is 0.133. The molecule has 0 radical (unpaired) electrons. The van der Waals surface area contributed by atoms with Crippen molar-refractivity contribution in [1.82, 2.24) is 9.55 Å². The van der Waals surface area contributed by atoms with Gasteiger partial charge in [-0.05, 0) is 36.8 Å². The summed E-state index contributed by atoms with van der Waals surface area (Å²) in [6.45, 7) is 2.05. The van der Waals surface area contributed by atoms with Gasteiger partial charge in [-0.25, -0.2) is 4.98 Å². The number of aryl methyl sites for hydroxylation is 1. The van der Waals surface area contributed by atoms with Crippen LogP contribution in [0.2, 0.25) is 0 Å². The number of benzene rings is 2. The van der Waals surface area contributed by atoms with Gasteiger partial charge in [0.05, 0.1) is 23.8 Å². The van der Waals surface area contributed by atoms with Crippen molar-refractivity contribution in [1.29, 1.82) is 0 Å². The molecule has 0 bridgehead atoms. The van der Waals surface area contributed by atoms with Gasteiger partial charge in [0.2, 0.25) is 5.95 Å². The average molecular weight is 332 g/mol. The minimum Gasteiger partial charge on any atom is -0.497 e. The Bertz CT molecular complexity index is 795. The van der Waals surface area contributed by atoms with E-state index in [2.05, 4.69) is 20.9 Å². The third-order valence-electron chi connectivity index (χ3n) is 3.30. The molecule has 1 heterocycles. The van der Waals surface area contributed by atoms with Gasteiger partial charge in [0.15, 0.2) is 0 Å². The van der Waals surface area contributed by atoms with E-state index in [1.54, 1.807) is 7.11 Å². The summed E-state index contributed by atoms with van der Waals surface area (Å²) < 4.78 is 8.23. The Morgan fingerprint density at radius 1 is 1.20 bits per heavy atom. The Morgan fingerprint density at radius 3 is 2.75 bits per heavy atom. The van der Waals surface area contributed by atoms with E-state index >= 15 is 0 Å². The van der Waals surface area contributed by atoms with Crippen LogP contribution in [-0.2, 0) is 0 Å². The second-order valence-corrected chi connectivity index (χ2v) is 5.51. The number of ether oxygens (including phenoxy) is 1.